The lowest BCUT2D eigenvalue weighted by atomic mass is 9.51. The molecule has 2 aliphatic carbocycles. The van der Waals surface area contributed by atoms with E-state index in [1.54, 1.807) is 0 Å². The first-order valence-electron chi connectivity index (χ1n) is 10.1. The fraction of sp³-hybridized carbons (Fsp3) is 0.818. The van der Waals surface area contributed by atoms with Gasteiger partial charge in [0.15, 0.2) is 0 Å². The molecule has 4 nitrogen and oxygen atoms in total. The molecule has 26 heavy (non-hydrogen) atoms. The van der Waals surface area contributed by atoms with Crippen LogP contribution in [0.1, 0.15) is 65.7 Å². The molecule has 5 unspecified atom stereocenters. The summed E-state index contributed by atoms with van der Waals surface area (Å²) in [5.74, 6) is 2.00. The van der Waals surface area contributed by atoms with Gasteiger partial charge in [0.25, 0.3) is 0 Å². The Labute approximate surface area is 158 Å². The molecule has 0 N–H and O–H groups in total. The molecule has 0 aromatic carbocycles. The molecule has 2 saturated carbocycles. The molecule has 0 aromatic rings. The van der Waals surface area contributed by atoms with Crippen LogP contribution in [0.15, 0.2) is 12.2 Å². The Kier molecular flexibility index (Phi) is 6.92. The molecule has 2 rings (SSSR count). The van der Waals surface area contributed by atoms with Crippen LogP contribution in [-0.2, 0) is 19.1 Å². The van der Waals surface area contributed by atoms with E-state index in [1.807, 2.05) is 0 Å². The molecule has 0 heterocycles. The van der Waals surface area contributed by atoms with Gasteiger partial charge in [-0.2, -0.15) is 0 Å². The molecule has 4 heteroatoms. The monoisotopic (exact) mass is 364 g/mol. The van der Waals surface area contributed by atoms with Crippen molar-refractivity contribution in [3.63, 3.8) is 0 Å². The third-order valence-corrected chi connectivity index (χ3v) is 7.19. The van der Waals surface area contributed by atoms with E-state index in [9.17, 15) is 9.59 Å². The lowest BCUT2D eigenvalue weighted by Gasteiger charge is -2.53. The molecule has 0 saturated heterocycles. The van der Waals surface area contributed by atoms with Crippen molar-refractivity contribution in [2.24, 2.45) is 35.0 Å². The lowest BCUT2D eigenvalue weighted by Crippen LogP contribution is -2.50. The molecule has 0 aliphatic heterocycles. The molecule has 2 fully saturated rings. The van der Waals surface area contributed by atoms with E-state index in [2.05, 4.69) is 27.4 Å². The van der Waals surface area contributed by atoms with Gasteiger partial charge in [-0.05, 0) is 75.0 Å². The summed E-state index contributed by atoms with van der Waals surface area (Å²) in [6, 6.07) is 0. The number of hydrogen-bond donors (Lipinski definition) is 0. The Morgan fingerprint density at radius 2 is 1.96 bits per heavy atom. The van der Waals surface area contributed by atoms with Crippen molar-refractivity contribution < 1.29 is 19.1 Å². The summed E-state index contributed by atoms with van der Waals surface area (Å²) in [6.45, 7) is 10.9. The minimum Gasteiger partial charge on any atom is -0.469 e. The van der Waals surface area contributed by atoms with E-state index in [4.69, 9.17) is 9.47 Å². The van der Waals surface area contributed by atoms with Crippen molar-refractivity contribution in [2.45, 2.75) is 65.7 Å². The Bertz CT molecular complexity index is 540. The summed E-state index contributed by atoms with van der Waals surface area (Å²) in [7, 11) is 2.95. The lowest BCUT2D eigenvalue weighted by molar-refractivity contribution is -0.164. The molecular weight excluding hydrogens is 328 g/mol. The Morgan fingerprint density at radius 1 is 1.27 bits per heavy atom. The Hall–Kier alpha value is -1.32. The van der Waals surface area contributed by atoms with E-state index in [-0.39, 0.29) is 17.4 Å². The van der Waals surface area contributed by atoms with Gasteiger partial charge in [0.05, 0.1) is 19.6 Å². The number of carbonyl (C=O) groups excluding carboxylic acids is 2. The van der Waals surface area contributed by atoms with Crippen LogP contribution in [0, 0.1) is 35.0 Å². The summed E-state index contributed by atoms with van der Waals surface area (Å²) in [4.78, 5) is 24.1. The molecular formula is C22H36O4. The Balaban J connectivity index is 2.14. The van der Waals surface area contributed by atoms with Crippen LogP contribution in [0.2, 0.25) is 0 Å². The molecule has 0 spiro atoms. The predicted octanol–water partition coefficient (Wildman–Crippen LogP) is 4.77. The molecule has 0 bridgehead atoms. The molecule has 148 valence electrons. The highest BCUT2D eigenvalue weighted by Gasteiger charge is 2.53. The zero-order valence-corrected chi connectivity index (χ0v) is 17.2. The van der Waals surface area contributed by atoms with Gasteiger partial charge in [-0.25, -0.2) is 0 Å². The summed E-state index contributed by atoms with van der Waals surface area (Å²) in [5.41, 5.74) is 0.958. The van der Waals surface area contributed by atoms with Crippen LogP contribution >= 0.6 is 0 Å². The number of allylic oxidation sites excluding steroid dienone is 1. The van der Waals surface area contributed by atoms with Crippen LogP contribution in [0.25, 0.3) is 0 Å². The molecule has 0 amide bonds. The topological polar surface area (TPSA) is 52.6 Å². The third-order valence-electron chi connectivity index (χ3n) is 7.19. The predicted molar refractivity (Wildman–Crippen MR) is 102 cm³/mol. The third kappa shape index (κ3) is 4.15. The van der Waals surface area contributed by atoms with E-state index in [1.165, 1.54) is 19.8 Å². The molecule has 0 radical (unpaired) electrons. The summed E-state index contributed by atoms with van der Waals surface area (Å²) < 4.78 is 9.98. The Morgan fingerprint density at radius 3 is 2.58 bits per heavy atom. The summed E-state index contributed by atoms with van der Waals surface area (Å²) in [6.07, 6.45) is 6.51. The largest absolute Gasteiger partial charge is 0.469 e. The maximum atomic E-state index is 12.6. The van der Waals surface area contributed by atoms with Gasteiger partial charge in [-0.1, -0.05) is 26.0 Å². The maximum absolute atomic E-state index is 12.6. The number of ether oxygens (including phenoxy) is 2. The van der Waals surface area contributed by atoms with Gasteiger partial charge in [0.1, 0.15) is 0 Å². The highest BCUT2D eigenvalue weighted by molar-refractivity contribution is 5.77. The minimum absolute atomic E-state index is 0.0512. The fourth-order valence-corrected chi connectivity index (χ4v) is 5.53. The average molecular weight is 365 g/mol. The average Bonchev–Trinajstić information content (AvgIpc) is 2.62. The van der Waals surface area contributed by atoms with Crippen LogP contribution in [0.3, 0.4) is 0 Å². The summed E-state index contributed by atoms with van der Waals surface area (Å²) >= 11 is 0. The van der Waals surface area contributed by atoms with Crippen LogP contribution in [-0.4, -0.2) is 26.2 Å². The molecule has 6 atom stereocenters. The number of carbonyl (C=O) groups is 2. The zero-order chi connectivity index (χ0) is 19.5. The van der Waals surface area contributed by atoms with Gasteiger partial charge in [0.2, 0.25) is 0 Å². The van der Waals surface area contributed by atoms with Gasteiger partial charge in [0, 0.05) is 6.42 Å². The quantitative estimate of drug-likeness (QED) is 0.503. The number of hydrogen-bond acceptors (Lipinski definition) is 4. The normalized spacial score (nSPS) is 35.3. The second-order valence-electron chi connectivity index (χ2n) is 8.88. The van der Waals surface area contributed by atoms with Crippen molar-refractivity contribution in [2.75, 3.05) is 14.2 Å². The highest BCUT2D eigenvalue weighted by Crippen LogP contribution is 2.57. The van der Waals surface area contributed by atoms with Crippen molar-refractivity contribution in [3.05, 3.63) is 12.2 Å². The van der Waals surface area contributed by atoms with Crippen molar-refractivity contribution in [1.82, 2.24) is 0 Å². The first-order chi connectivity index (χ1) is 12.2. The smallest absolute Gasteiger partial charge is 0.311 e. The van der Waals surface area contributed by atoms with E-state index >= 15 is 0 Å². The zero-order valence-electron chi connectivity index (χ0n) is 17.2. The fourth-order valence-electron chi connectivity index (χ4n) is 5.53. The molecule has 0 aromatic heterocycles. The molecule has 2 aliphatic rings. The van der Waals surface area contributed by atoms with Crippen molar-refractivity contribution in [1.29, 1.82) is 0 Å². The van der Waals surface area contributed by atoms with E-state index in [0.717, 1.165) is 38.5 Å². The van der Waals surface area contributed by atoms with E-state index < -0.39 is 0 Å². The number of methoxy groups -OCH3 is 2. The minimum atomic E-state index is -0.373. The van der Waals surface area contributed by atoms with Gasteiger partial charge in [-0.3, -0.25) is 9.59 Å². The summed E-state index contributed by atoms with van der Waals surface area (Å²) in [5, 5.41) is 0. The number of esters is 2. The number of fused-ring (bicyclic) bond motifs is 1. The standard InChI is InChI=1S/C22H36O4/c1-14(13-19(23)25-5)7-9-17-15(2)8-10-18-20(17)16(3)11-12-22(18,4)21(24)26-6/h14,16-18,20H,2,7-13H2,1,3-6H3/t14?,16-,17?,18?,20?,22?/m0/s1. The second kappa shape index (κ2) is 8.58. The van der Waals surface area contributed by atoms with Crippen molar-refractivity contribution in [3.8, 4) is 0 Å². The van der Waals surface area contributed by atoms with E-state index in [0.29, 0.717) is 36.0 Å². The first-order valence-corrected chi connectivity index (χ1v) is 10.1. The van der Waals surface area contributed by atoms with Gasteiger partial charge < -0.3 is 9.47 Å². The van der Waals surface area contributed by atoms with Gasteiger partial charge >= 0.3 is 11.9 Å². The van der Waals surface area contributed by atoms with Gasteiger partial charge in [-0.15, -0.1) is 0 Å². The van der Waals surface area contributed by atoms with Crippen LogP contribution in [0.4, 0.5) is 0 Å². The highest BCUT2D eigenvalue weighted by atomic mass is 16.5. The van der Waals surface area contributed by atoms with Crippen LogP contribution in [0.5, 0.6) is 0 Å². The maximum Gasteiger partial charge on any atom is 0.311 e. The second-order valence-corrected chi connectivity index (χ2v) is 8.88. The van der Waals surface area contributed by atoms with Crippen LogP contribution < -0.4 is 0 Å². The first kappa shape index (κ1) is 21.0. The van der Waals surface area contributed by atoms with Crippen molar-refractivity contribution >= 4 is 11.9 Å². The SMILES string of the molecule is C=C1CCC2C(C1CCC(C)CC(=O)OC)[C@@H](C)CCC2(C)C(=O)OC. The number of rotatable bonds is 6.